The van der Waals surface area contributed by atoms with Crippen LogP contribution in [0.5, 0.6) is 0 Å². The van der Waals surface area contributed by atoms with Crippen LogP contribution in [0.2, 0.25) is 5.15 Å². The Morgan fingerprint density at radius 2 is 2.33 bits per heavy atom. The second-order valence-corrected chi connectivity index (χ2v) is 4.18. The molecule has 7 heteroatoms. The van der Waals surface area contributed by atoms with E-state index < -0.39 is 0 Å². The van der Waals surface area contributed by atoms with Crippen molar-refractivity contribution in [2.24, 2.45) is 0 Å². The molecular formula is C11H12ClN5O. The number of nitrogens with one attached hydrogen (secondary N) is 1. The number of halogens is 1. The molecule has 1 amide bonds. The van der Waals surface area contributed by atoms with Crippen molar-refractivity contribution >= 4 is 23.2 Å². The van der Waals surface area contributed by atoms with Crippen LogP contribution in [0.25, 0.3) is 0 Å². The highest BCUT2D eigenvalue weighted by Gasteiger charge is 2.16. The molecule has 6 nitrogen and oxygen atoms in total. The van der Waals surface area contributed by atoms with Crippen molar-refractivity contribution in [2.75, 3.05) is 12.8 Å². The quantitative estimate of drug-likeness (QED) is 0.819. The maximum atomic E-state index is 12.2. The van der Waals surface area contributed by atoms with Crippen LogP contribution < -0.4 is 5.73 Å². The summed E-state index contributed by atoms with van der Waals surface area (Å²) in [6.45, 7) is 0.366. The molecule has 18 heavy (non-hydrogen) atoms. The topological polar surface area (TPSA) is 87.9 Å². The van der Waals surface area contributed by atoms with E-state index in [0.29, 0.717) is 23.6 Å². The number of aromatic nitrogens is 3. The number of hydrogen-bond acceptors (Lipinski definition) is 4. The first-order valence-corrected chi connectivity index (χ1v) is 5.60. The Bertz CT molecular complexity index is 555. The molecule has 3 N–H and O–H groups in total. The molecule has 0 unspecified atom stereocenters. The lowest BCUT2D eigenvalue weighted by Gasteiger charge is -2.16. The van der Waals surface area contributed by atoms with Gasteiger partial charge in [-0.1, -0.05) is 11.6 Å². The van der Waals surface area contributed by atoms with Gasteiger partial charge in [-0.2, -0.15) is 0 Å². The largest absolute Gasteiger partial charge is 0.397 e. The van der Waals surface area contributed by atoms with E-state index >= 15 is 0 Å². The minimum Gasteiger partial charge on any atom is -0.397 e. The summed E-state index contributed by atoms with van der Waals surface area (Å²) in [6, 6.07) is 1.46. The molecule has 0 saturated heterocycles. The lowest BCUT2D eigenvalue weighted by atomic mass is 10.2. The molecule has 2 heterocycles. The molecule has 94 valence electrons. The van der Waals surface area contributed by atoms with Gasteiger partial charge >= 0.3 is 0 Å². The number of carbonyl (C=O) groups is 1. The third-order valence-corrected chi connectivity index (χ3v) is 2.63. The fourth-order valence-electron chi connectivity index (χ4n) is 1.51. The predicted molar refractivity (Wildman–Crippen MR) is 68.0 cm³/mol. The number of pyridine rings is 1. The smallest absolute Gasteiger partial charge is 0.256 e. The first-order chi connectivity index (χ1) is 8.58. The summed E-state index contributed by atoms with van der Waals surface area (Å²) >= 11 is 5.75. The van der Waals surface area contributed by atoms with Crippen LogP contribution in [-0.2, 0) is 6.54 Å². The van der Waals surface area contributed by atoms with Crippen LogP contribution in [-0.4, -0.2) is 32.8 Å². The van der Waals surface area contributed by atoms with Crippen LogP contribution >= 0.6 is 11.6 Å². The van der Waals surface area contributed by atoms with Gasteiger partial charge in [-0.05, 0) is 6.07 Å². The Balaban J connectivity index is 2.17. The number of anilines is 1. The summed E-state index contributed by atoms with van der Waals surface area (Å²) in [7, 11) is 1.67. The number of carbonyl (C=O) groups excluding carboxylic acids is 1. The highest BCUT2D eigenvalue weighted by molar-refractivity contribution is 6.29. The van der Waals surface area contributed by atoms with Gasteiger partial charge < -0.3 is 15.6 Å². The summed E-state index contributed by atoms with van der Waals surface area (Å²) in [5.41, 5.74) is 6.35. The third kappa shape index (κ3) is 2.60. The van der Waals surface area contributed by atoms with Gasteiger partial charge in [0, 0.05) is 19.4 Å². The molecule has 0 spiro atoms. The van der Waals surface area contributed by atoms with Crippen molar-refractivity contribution in [3.63, 3.8) is 0 Å². The van der Waals surface area contributed by atoms with Gasteiger partial charge in [-0.15, -0.1) is 0 Å². The zero-order valence-corrected chi connectivity index (χ0v) is 10.5. The van der Waals surface area contributed by atoms with Crippen molar-refractivity contribution in [3.8, 4) is 0 Å². The second-order valence-electron chi connectivity index (χ2n) is 3.79. The van der Waals surface area contributed by atoms with Crippen LogP contribution in [0.15, 0.2) is 24.7 Å². The summed E-state index contributed by atoms with van der Waals surface area (Å²) in [5.74, 6) is 0.470. The lowest BCUT2D eigenvalue weighted by Crippen LogP contribution is -2.27. The van der Waals surface area contributed by atoms with Crippen molar-refractivity contribution in [2.45, 2.75) is 6.54 Å². The molecular weight excluding hydrogens is 254 g/mol. The summed E-state index contributed by atoms with van der Waals surface area (Å²) < 4.78 is 0. The fraction of sp³-hybridized carbons (Fsp3) is 0.182. The molecule has 0 aliphatic heterocycles. The average Bonchev–Trinajstić information content (AvgIpc) is 2.84. The maximum absolute atomic E-state index is 12.2. The van der Waals surface area contributed by atoms with E-state index in [1.54, 1.807) is 19.4 Å². The van der Waals surface area contributed by atoms with E-state index in [0.717, 1.165) is 0 Å². The average molecular weight is 266 g/mol. The number of rotatable bonds is 3. The molecule has 0 fully saturated rings. The minimum atomic E-state index is -0.229. The number of imidazole rings is 1. The minimum absolute atomic E-state index is 0.229. The van der Waals surface area contributed by atoms with Crippen LogP contribution in [0.3, 0.4) is 0 Å². The second kappa shape index (κ2) is 5.05. The van der Waals surface area contributed by atoms with Crippen molar-refractivity contribution in [1.29, 1.82) is 0 Å². The first kappa shape index (κ1) is 12.4. The maximum Gasteiger partial charge on any atom is 0.256 e. The molecule has 0 aliphatic carbocycles. The molecule has 0 saturated carbocycles. The Morgan fingerprint density at radius 3 is 3.00 bits per heavy atom. The Hall–Kier alpha value is -2.08. The SMILES string of the molecule is CN(Cc1ncc[nH]1)C(=O)c1cc(Cl)ncc1N. The summed E-state index contributed by atoms with van der Waals surface area (Å²) in [4.78, 5) is 24.4. The van der Waals surface area contributed by atoms with E-state index in [1.807, 2.05) is 0 Å². The summed E-state index contributed by atoms with van der Waals surface area (Å²) in [5, 5.41) is 0.235. The molecule has 0 radical (unpaired) electrons. The Labute approximate surface area is 109 Å². The van der Waals surface area contributed by atoms with E-state index in [-0.39, 0.29) is 11.1 Å². The molecule has 0 bridgehead atoms. The third-order valence-electron chi connectivity index (χ3n) is 2.42. The highest BCUT2D eigenvalue weighted by Crippen LogP contribution is 2.17. The number of nitrogen functional groups attached to an aromatic ring is 1. The molecule has 2 aromatic rings. The monoisotopic (exact) mass is 265 g/mol. The van der Waals surface area contributed by atoms with Crippen molar-refractivity contribution in [1.82, 2.24) is 19.9 Å². The lowest BCUT2D eigenvalue weighted by molar-refractivity contribution is 0.0783. The number of H-pyrrole nitrogens is 1. The summed E-state index contributed by atoms with van der Waals surface area (Å²) in [6.07, 6.45) is 4.70. The number of nitrogens with zero attached hydrogens (tertiary/aromatic N) is 3. The predicted octanol–water partition coefficient (Wildman–Crippen LogP) is 1.31. The molecule has 0 atom stereocenters. The van der Waals surface area contributed by atoms with Crippen LogP contribution in [0, 0.1) is 0 Å². The fourth-order valence-corrected chi connectivity index (χ4v) is 1.67. The van der Waals surface area contributed by atoms with Gasteiger partial charge in [-0.25, -0.2) is 9.97 Å². The molecule has 2 aromatic heterocycles. The molecule has 2 rings (SSSR count). The zero-order valence-electron chi connectivity index (χ0n) is 9.72. The molecule has 0 aromatic carbocycles. The van der Waals surface area contributed by atoms with Gasteiger partial charge in [0.05, 0.1) is 24.0 Å². The van der Waals surface area contributed by atoms with Gasteiger partial charge in [0.2, 0.25) is 0 Å². The Morgan fingerprint density at radius 1 is 1.56 bits per heavy atom. The Kier molecular flexibility index (Phi) is 3.47. The van der Waals surface area contributed by atoms with Gasteiger partial charge in [0.25, 0.3) is 5.91 Å². The van der Waals surface area contributed by atoms with Crippen LogP contribution in [0.4, 0.5) is 5.69 Å². The van der Waals surface area contributed by atoms with Crippen LogP contribution in [0.1, 0.15) is 16.2 Å². The van der Waals surface area contributed by atoms with E-state index in [2.05, 4.69) is 15.0 Å². The first-order valence-electron chi connectivity index (χ1n) is 5.22. The van der Waals surface area contributed by atoms with Crippen molar-refractivity contribution in [3.05, 3.63) is 41.2 Å². The van der Waals surface area contributed by atoms with Crippen molar-refractivity contribution < 1.29 is 4.79 Å². The van der Waals surface area contributed by atoms with E-state index in [9.17, 15) is 4.79 Å². The van der Waals surface area contributed by atoms with E-state index in [4.69, 9.17) is 17.3 Å². The number of amides is 1. The van der Waals surface area contributed by atoms with Gasteiger partial charge in [-0.3, -0.25) is 4.79 Å². The van der Waals surface area contributed by atoms with Gasteiger partial charge in [0.15, 0.2) is 0 Å². The zero-order chi connectivity index (χ0) is 13.1. The standard InChI is InChI=1S/C11H12ClN5O/c1-17(6-10-14-2-3-15-10)11(18)7-4-9(12)16-5-8(7)13/h2-5H,6,13H2,1H3,(H,14,15). The highest BCUT2D eigenvalue weighted by atomic mass is 35.5. The van der Waals surface area contributed by atoms with Gasteiger partial charge in [0.1, 0.15) is 11.0 Å². The number of aromatic amines is 1. The number of hydrogen-bond donors (Lipinski definition) is 2. The normalized spacial score (nSPS) is 10.3. The molecule has 0 aliphatic rings. The van der Waals surface area contributed by atoms with E-state index in [1.165, 1.54) is 17.2 Å². The number of nitrogens with two attached hydrogens (primary N) is 1.